The van der Waals surface area contributed by atoms with Crippen LogP contribution >= 0.6 is 0 Å². The lowest BCUT2D eigenvalue weighted by atomic mass is 9.97. The first kappa shape index (κ1) is 26.6. The van der Waals surface area contributed by atoms with E-state index in [9.17, 15) is 9.59 Å². The molecule has 1 aliphatic rings. The van der Waals surface area contributed by atoms with Crippen LogP contribution in [0.25, 0.3) is 0 Å². The Labute approximate surface area is 210 Å². The summed E-state index contributed by atoms with van der Waals surface area (Å²) >= 11 is 0. The summed E-state index contributed by atoms with van der Waals surface area (Å²) in [5.41, 5.74) is 12.6. The van der Waals surface area contributed by atoms with Gasteiger partial charge in [0.05, 0.1) is 23.7 Å². The number of benzene rings is 1. The van der Waals surface area contributed by atoms with E-state index in [2.05, 4.69) is 25.3 Å². The molecule has 0 bridgehead atoms. The smallest absolute Gasteiger partial charge is 0.271 e. The average Bonchev–Trinajstić information content (AvgIpc) is 3.29. The predicted octanol–water partition coefficient (Wildman–Crippen LogP) is 2.71. The van der Waals surface area contributed by atoms with Crippen molar-refractivity contribution < 1.29 is 14.3 Å². The molecule has 3 aromatic rings. The molecule has 1 aliphatic heterocycles. The lowest BCUT2D eigenvalue weighted by Crippen LogP contribution is -2.30. The van der Waals surface area contributed by atoms with Gasteiger partial charge in [-0.1, -0.05) is 12.1 Å². The number of nitrogens with two attached hydrogens (primary N) is 2. The van der Waals surface area contributed by atoms with Crippen molar-refractivity contribution in [1.82, 2.24) is 19.7 Å². The summed E-state index contributed by atoms with van der Waals surface area (Å²) in [6.45, 7) is 5.84. The molecule has 192 valence electrons. The Morgan fingerprint density at radius 3 is 2.22 bits per heavy atom. The summed E-state index contributed by atoms with van der Waals surface area (Å²) in [5, 5.41) is 7.15. The number of piperidine rings is 1. The van der Waals surface area contributed by atoms with Crippen LogP contribution in [0.1, 0.15) is 59.5 Å². The van der Waals surface area contributed by atoms with Crippen LogP contribution in [0.3, 0.4) is 0 Å². The number of rotatable bonds is 7. The van der Waals surface area contributed by atoms with Gasteiger partial charge in [0.1, 0.15) is 5.82 Å². The lowest BCUT2D eigenvalue weighted by Gasteiger charge is -2.27. The fourth-order valence-corrected chi connectivity index (χ4v) is 3.70. The maximum Gasteiger partial charge on any atom is 0.271 e. The van der Waals surface area contributed by atoms with Crippen molar-refractivity contribution in [1.29, 1.82) is 0 Å². The number of methoxy groups -OCH3 is 1. The zero-order chi connectivity index (χ0) is 26.3. The maximum absolute atomic E-state index is 11.6. The zero-order valence-corrected chi connectivity index (χ0v) is 21.2. The molecular weight excluding hydrogens is 460 g/mol. The van der Waals surface area contributed by atoms with Crippen molar-refractivity contribution in [3.05, 3.63) is 59.7 Å². The van der Waals surface area contributed by atoms with E-state index < -0.39 is 11.8 Å². The number of ether oxygens (including phenoxy) is 1. The normalized spacial score (nSPS) is 13.5. The fourth-order valence-electron chi connectivity index (χ4n) is 3.70. The van der Waals surface area contributed by atoms with Gasteiger partial charge in [0, 0.05) is 39.0 Å². The monoisotopic (exact) mass is 494 g/mol. The highest BCUT2D eigenvalue weighted by Crippen LogP contribution is 2.24. The number of carbonyl (C=O) groups excluding carboxylic acids is 2. The van der Waals surface area contributed by atoms with E-state index in [0.29, 0.717) is 11.4 Å². The van der Waals surface area contributed by atoms with E-state index >= 15 is 0 Å². The molecule has 1 saturated heterocycles. The molecule has 0 atom stereocenters. The second-order valence-electron chi connectivity index (χ2n) is 9.02. The number of aryl methyl sites for hydroxylation is 1. The van der Waals surface area contributed by atoms with Crippen LogP contribution in [-0.2, 0) is 17.4 Å². The second-order valence-corrected chi connectivity index (χ2v) is 9.02. The van der Waals surface area contributed by atoms with Crippen LogP contribution in [0.2, 0.25) is 0 Å². The Kier molecular flexibility index (Phi) is 8.59. The average molecular weight is 495 g/mol. The Balaban J connectivity index is 0.000000223. The molecule has 1 fully saturated rings. The highest BCUT2D eigenvalue weighted by Gasteiger charge is 2.19. The van der Waals surface area contributed by atoms with Crippen molar-refractivity contribution in [2.45, 2.75) is 38.7 Å². The van der Waals surface area contributed by atoms with Gasteiger partial charge in [-0.25, -0.2) is 9.97 Å². The summed E-state index contributed by atoms with van der Waals surface area (Å²) < 4.78 is 6.97. The van der Waals surface area contributed by atoms with E-state index in [1.165, 1.54) is 6.42 Å². The topological polar surface area (TPSA) is 154 Å². The lowest BCUT2D eigenvalue weighted by molar-refractivity contribution is 0.0192. The molecule has 4 rings (SSSR count). The van der Waals surface area contributed by atoms with E-state index in [-0.39, 0.29) is 11.3 Å². The number of hydrogen-bond acceptors (Lipinski definition) is 8. The van der Waals surface area contributed by atoms with E-state index in [4.69, 9.17) is 16.2 Å². The Bertz CT molecular complexity index is 1180. The standard InChI is InChI=1S/C14H19N7O.C11H15NO2/c1-20-9-10(7-17-20)18-14-12(13(15)22)16-8-11(19-14)21-5-3-2-4-6-21;1-11(2,14-3)9-6-4-8(5-7-9)10(12)13/h7-9H,2-6H2,1H3,(H2,15,22)(H,18,19);4-7H,1-3H3,(H2,12,13). The van der Waals surface area contributed by atoms with Gasteiger partial charge in [0.25, 0.3) is 5.91 Å². The van der Waals surface area contributed by atoms with Gasteiger partial charge in [0.2, 0.25) is 5.91 Å². The summed E-state index contributed by atoms with van der Waals surface area (Å²) in [6, 6.07) is 7.12. The quantitative estimate of drug-likeness (QED) is 0.453. The van der Waals surface area contributed by atoms with Gasteiger partial charge in [-0.2, -0.15) is 5.10 Å². The van der Waals surface area contributed by atoms with Gasteiger partial charge in [-0.05, 0) is 50.8 Å². The third-order valence-electron chi connectivity index (χ3n) is 6.02. The minimum Gasteiger partial charge on any atom is -0.374 e. The largest absolute Gasteiger partial charge is 0.374 e. The predicted molar refractivity (Wildman–Crippen MR) is 138 cm³/mol. The summed E-state index contributed by atoms with van der Waals surface area (Å²) in [5.74, 6) is 0.107. The van der Waals surface area contributed by atoms with E-state index in [0.717, 1.165) is 43.0 Å². The first-order valence-electron chi connectivity index (χ1n) is 11.7. The first-order chi connectivity index (χ1) is 17.1. The molecule has 1 aromatic carbocycles. The highest BCUT2D eigenvalue weighted by atomic mass is 16.5. The van der Waals surface area contributed by atoms with Crippen LogP contribution in [0, 0.1) is 0 Å². The molecule has 2 aromatic heterocycles. The van der Waals surface area contributed by atoms with E-state index in [1.807, 2.05) is 33.0 Å². The van der Waals surface area contributed by atoms with Gasteiger partial charge >= 0.3 is 0 Å². The molecule has 2 amide bonds. The summed E-state index contributed by atoms with van der Waals surface area (Å²) in [7, 11) is 3.47. The van der Waals surface area contributed by atoms with Crippen molar-refractivity contribution >= 4 is 29.1 Å². The minimum absolute atomic E-state index is 0.129. The van der Waals surface area contributed by atoms with Crippen LogP contribution in [0.4, 0.5) is 17.3 Å². The number of primary amides is 2. The first-order valence-corrected chi connectivity index (χ1v) is 11.7. The molecule has 0 spiro atoms. The second kappa shape index (κ2) is 11.6. The van der Waals surface area contributed by atoms with Gasteiger partial charge in [-0.15, -0.1) is 0 Å². The Morgan fingerprint density at radius 1 is 1.03 bits per heavy atom. The number of carbonyl (C=O) groups is 2. The zero-order valence-electron chi connectivity index (χ0n) is 21.2. The van der Waals surface area contributed by atoms with E-state index in [1.54, 1.807) is 42.5 Å². The van der Waals surface area contributed by atoms with Gasteiger partial charge < -0.3 is 26.4 Å². The van der Waals surface area contributed by atoms with Crippen LogP contribution in [0.15, 0.2) is 42.9 Å². The molecule has 0 saturated carbocycles. The SMILES string of the molecule is COC(C)(C)c1ccc(C(N)=O)cc1.Cn1cc(Nc2nc(N3CCCCC3)cnc2C(N)=O)cn1. The molecule has 5 N–H and O–H groups in total. The maximum atomic E-state index is 11.6. The molecule has 3 heterocycles. The molecule has 0 unspecified atom stereocenters. The number of aromatic nitrogens is 4. The molecular formula is C25H34N8O3. The van der Waals surface area contributed by atoms with Crippen molar-refractivity contribution in [2.75, 3.05) is 30.4 Å². The van der Waals surface area contributed by atoms with Gasteiger partial charge in [-0.3, -0.25) is 14.3 Å². The summed E-state index contributed by atoms with van der Waals surface area (Å²) in [6.07, 6.45) is 8.58. The Morgan fingerprint density at radius 2 is 1.69 bits per heavy atom. The summed E-state index contributed by atoms with van der Waals surface area (Å²) in [4.78, 5) is 33.3. The number of amides is 2. The molecule has 36 heavy (non-hydrogen) atoms. The molecule has 0 aliphatic carbocycles. The number of nitrogens with one attached hydrogen (secondary N) is 1. The highest BCUT2D eigenvalue weighted by molar-refractivity contribution is 5.96. The number of anilines is 3. The van der Waals surface area contributed by atoms with Gasteiger partial charge in [0.15, 0.2) is 11.5 Å². The third kappa shape index (κ3) is 6.79. The molecule has 11 heteroatoms. The third-order valence-corrected chi connectivity index (χ3v) is 6.02. The van der Waals surface area contributed by atoms with Crippen molar-refractivity contribution in [3.63, 3.8) is 0 Å². The van der Waals surface area contributed by atoms with Crippen molar-refractivity contribution in [2.24, 2.45) is 18.5 Å². The van der Waals surface area contributed by atoms with Crippen molar-refractivity contribution in [3.8, 4) is 0 Å². The number of nitrogens with zero attached hydrogens (tertiary/aromatic N) is 5. The minimum atomic E-state index is -0.607. The van der Waals surface area contributed by atoms with Crippen LogP contribution in [0.5, 0.6) is 0 Å². The molecule has 0 radical (unpaired) electrons. The molecule has 11 nitrogen and oxygen atoms in total. The Hall–Kier alpha value is -3.99. The number of hydrogen-bond donors (Lipinski definition) is 3. The van der Waals surface area contributed by atoms with Crippen LogP contribution in [-0.4, -0.2) is 51.8 Å². The fraction of sp³-hybridized carbons (Fsp3) is 0.400. The van der Waals surface area contributed by atoms with Crippen LogP contribution < -0.4 is 21.7 Å².